The molecule has 0 rings (SSSR count). The lowest BCUT2D eigenvalue weighted by Crippen LogP contribution is -2.50. The number of ether oxygens (including phenoxy) is 3. The van der Waals surface area contributed by atoms with E-state index in [9.17, 15) is 19.5 Å². The maximum Gasteiger partial charge on any atom is 0.362 e. The first kappa shape index (κ1) is 50.5. The van der Waals surface area contributed by atoms with Crippen LogP contribution in [0, 0.1) is 0 Å². The van der Waals surface area contributed by atoms with Gasteiger partial charge in [-0.15, -0.1) is 0 Å². The topological polar surface area (TPSA) is 99.1 Å². The smallest absolute Gasteiger partial charge is 0.362 e. The molecule has 0 aliphatic carbocycles. The number of esters is 2. The van der Waals surface area contributed by atoms with Gasteiger partial charge in [0.25, 0.3) is 0 Å². The second-order valence-electron chi connectivity index (χ2n) is 15.6. The van der Waals surface area contributed by atoms with Crippen LogP contribution in [0.4, 0.5) is 0 Å². The molecule has 0 aromatic rings. The average Bonchev–Trinajstić information content (AvgIpc) is 3.11. The molecule has 0 radical (unpaired) electrons. The van der Waals surface area contributed by atoms with Crippen molar-refractivity contribution >= 4 is 17.9 Å². The van der Waals surface area contributed by atoms with Crippen LogP contribution < -0.4 is 0 Å². The second kappa shape index (κ2) is 36.5. The van der Waals surface area contributed by atoms with Crippen molar-refractivity contribution in [3.63, 3.8) is 0 Å². The summed E-state index contributed by atoms with van der Waals surface area (Å²) in [4.78, 5) is 36.9. The lowest BCUT2D eigenvalue weighted by Gasteiger charge is -2.31. The SMILES string of the molecule is CC/C=C/C=C/C=C/CCCCCCCC(=O)OC(COCCC(C(=O)O)[N+](C)(C)C)COC(=O)CCCCCCCCCCCCCCCCCC. The molecule has 8 nitrogen and oxygen atoms in total. The van der Waals surface area contributed by atoms with Gasteiger partial charge in [-0.25, -0.2) is 4.79 Å². The van der Waals surface area contributed by atoms with Crippen molar-refractivity contribution in [3.8, 4) is 0 Å². The number of carbonyl (C=O) groups excluding carboxylic acids is 2. The maximum absolute atomic E-state index is 12.7. The highest BCUT2D eigenvalue weighted by Crippen LogP contribution is 2.15. The zero-order valence-corrected chi connectivity index (χ0v) is 35.0. The van der Waals surface area contributed by atoms with Gasteiger partial charge in [0, 0.05) is 19.3 Å². The Kier molecular flexibility index (Phi) is 34.8. The first-order valence-electron chi connectivity index (χ1n) is 21.6. The molecule has 0 aromatic carbocycles. The van der Waals surface area contributed by atoms with Crippen LogP contribution >= 0.6 is 0 Å². The number of quaternary nitrogens is 1. The fourth-order valence-corrected chi connectivity index (χ4v) is 6.27. The van der Waals surface area contributed by atoms with Crippen molar-refractivity contribution in [1.82, 2.24) is 0 Å². The van der Waals surface area contributed by atoms with E-state index in [2.05, 4.69) is 44.2 Å². The molecule has 0 saturated carbocycles. The van der Waals surface area contributed by atoms with Gasteiger partial charge in [0.1, 0.15) is 6.61 Å². The molecule has 0 aliphatic rings. The molecule has 0 spiro atoms. The molecule has 1 N–H and O–H groups in total. The van der Waals surface area contributed by atoms with Crippen LogP contribution in [0.25, 0.3) is 0 Å². The Morgan fingerprint density at radius 1 is 0.585 bits per heavy atom. The predicted molar refractivity (Wildman–Crippen MR) is 220 cm³/mol. The summed E-state index contributed by atoms with van der Waals surface area (Å²) in [5.74, 6) is -1.49. The van der Waals surface area contributed by atoms with Crippen LogP contribution in [0.2, 0.25) is 0 Å². The Hall–Kier alpha value is -2.45. The van der Waals surface area contributed by atoms with Crippen LogP contribution in [0.3, 0.4) is 0 Å². The van der Waals surface area contributed by atoms with Crippen LogP contribution in [0.1, 0.15) is 181 Å². The van der Waals surface area contributed by atoms with Crippen LogP contribution in [-0.4, -0.2) is 80.6 Å². The fraction of sp³-hybridized carbons (Fsp3) is 0.800. The Bertz CT molecular complexity index is 968. The highest BCUT2D eigenvalue weighted by atomic mass is 16.6. The second-order valence-corrected chi connectivity index (χ2v) is 15.6. The quantitative estimate of drug-likeness (QED) is 0.0290. The molecule has 2 atom stereocenters. The standard InChI is InChI=1S/C45H81NO7/c1-6-8-10-12-14-16-18-20-21-22-24-25-27-29-31-33-35-43(47)52-40-41(39-51-38-37-42(45(49)50)46(3,4)5)53-44(48)36-34-32-30-28-26-23-19-17-15-13-11-9-7-2/h9,11,13,15,17,19,41-42H,6-8,10,12,14,16,18,20-40H2,1-5H3/p+1/b11-9+,15-13+,19-17+. The lowest BCUT2D eigenvalue weighted by molar-refractivity contribution is -0.887. The summed E-state index contributed by atoms with van der Waals surface area (Å²) in [5.41, 5.74) is 0. The van der Waals surface area contributed by atoms with E-state index in [0.29, 0.717) is 19.3 Å². The van der Waals surface area contributed by atoms with E-state index < -0.39 is 18.1 Å². The molecule has 0 saturated heterocycles. The summed E-state index contributed by atoms with van der Waals surface area (Å²) in [6, 6.07) is -0.616. The fourth-order valence-electron chi connectivity index (χ4n) is 6.27. The average molecular weight is 749 g/mol. The zero-order valence-electron chi connectivity index (χ0n) is 35.0. The van der Waals surface area contributed by atoms with Gasteiger partial charge >= 0.3 is 17.9 Å². The monoisotopic (exact) mass is 749 g/mol. The number of carboxylic acids is 1. The Labute approximate surface area is 325 Å². The number of aliphatic carboxylic acids is 1. The molecule has 2 unspecified atom stereocenters. The van der Waals surface area contributed by atoms with Gasteiger partial charge in [0.2, 0.25) is 0 Å². The minimum absolute atomic E-state index is 0.0547. The minimum Gasteiger partial charge on any atom is -0.477 e. The number of likely N-dealkylation sites (N-methyl/N-ethyl adjacent to an activating group) is 1. The normalized spacial score (nSPS) is 13.3. The summed E-state index contributed by atoms with van der Waals surface area (Å²) in [6.07, 6.45) is 40.4. The summed E-state index contributed by atoms with van der Waals surface area (Å²) in [6.45, 7) is 4.59. The van der Waals surface area contributed by atoms with Crippen LogP contribution in [-0.2, 0) is 28.6 Å². The van der Waals surface area contributed by atoms with Crippen molar-refractivity contribution in [2.45, 2.75) is 193 Å². The number of hydrogen-bond acceptors (Lipinski definition) is 6. The van der Waals surface area contributed by atoms with Gasteiger partial charge in [0.15, 0.2) is 12.1 Å². The summed E-state index contributed by atoms with van der Waals surface area (Å²) in [7, 11) is 5.52. The number of allylic oxidation sites excluding steroid dienone is 6. The number of rotatable bonds is 38. The molecular formula is C45H82NO7+. The molecule has 0 aromatic heterocycles. The first-order chi connectivity index (χ1) is 25.6. The maximum atomic E-state index is 12.7. The van der Waals surface area contributed by atoms with Gasteiger partial charge in [-0.1, -0.05) is 166 Å². The number of carbonyl (C=O) groups is 3. The highest BCUT2D eigenvalue weighted by molar-refractivity contribution is 5.72. The number of nitrogens with zero attached hydrogens (tertiary/aromatic N) is 1. The van der Waals surface area contributed by atoms with Crippen molar-refractivity contribution in [3.05, 3.63) is 36.5 Å². The largest absolute Gasteiger partial charge is 0.477 e. The van der Waals surface area contributed by atoms with Crippen molar-refractivity contribution < 1.29 is 38.2 Å². The molecule has 0 bridgehead atoms. The van der Waals surface area contributed by atoms with Crippen molar-refractivity contribution in [2.24, 2.45) is 0 Å². The summed E-state index contributed by atoms with van der Waals surface area (Å²) >= 11 is 0. The van der Waals surface area contributed by atoms with E-state index in [-0.39, 0.29) is 36.2 Å². The minimum atomic E-state index is -0.879. The zero-order chi connectivity index (χ0) is 39.3. The summed E-state index contributed by atoms with van der Waals surface area (Å²) in [5, 5.41) is 9.60. The Morgan fingerprint density at radius 3 is 1.55 bits per heavy atom. The van der Waals surface area contributed by atoms with E-state index in [1.54, 1.807) is 0 Å². The van der Waals surface area contributed by atoms with E-state index in [1.807, 2.05) is 27.2 Å². The summed E-state index contributed by atoms with van der Waals surface area (Å²) < 4.78 is 17.2. The first-order valence-corrected chi connectivity index (χ1v) is 21.6. The van der Waals surface area contributed by atoms with Gasteiger partial charge in [-0.05, 0) is 32.1 Å². The van der Waals surface area contributed by atoms with E-state index in [4.69, 9.17) is 14.2 Å². The predicted octanol–water partition coefficient (Wildman–Crippen LogP) is 11.5. The van der Waals surface area contributed by atoms with Crippen LogP contribution in [0.5, 0.6) is 0 Å². The molecule has 8 heteroatoms. The number of unbranched alkanes of at least 4 members (excludes halogenated alkanes) is 20. The van der Waals surface area contributed by atoms with Gasteiger partial charge in [0.05, 0.1) is 34.4 Å². The highest BCUT2D eigenvalue weighted by Gasteiger charge is 2.31. The third kappa shape index (κ3) is 35.0. The molecule has 0 amide bonds. The van der Waals surface area contributed by atoms with Gasteiger partial charge in [-0.3, -0.25) is 9.59 Å². The Balaban J connectivity index is 4.35. The molecule has 308 valence electrons. The molecule has 53 heavy (non-hydrogen) atoms. The molecular weight excluding hydrogens is 666 g/mol. The Morgan fingerprint density at radius 2 is 1.06 bits per heavy atom. The van der Waals surface area contributed by atoms with E-state index in [1.165, 1.54) is 83.5 Å². The van der Waals surface area contributed by atoms with E-state index in [0.717, 1.165) is 64.2 Å². The molecule has 0 heterocycles. The van der Waals surface area contributed by atoms with Gasteiger partial charge < -0.3 is 23.8 Å². The number of carboxylic acid groups (broad SMARTS) is 1. The third-order valence-corrected chi connectivity index (χ3v) is 9.62. The van der Waals surface area contributed by atoms with Crippen molar-refractivity contribution in [2.75, 3.05) is 41.0 Å². The van der Waals surface area contributed by atoms with Crippen molar-refractivity contribution in [1.29, 1.82) is 0 Å². The van der Waals surface area contributed by atoms with Crippen LogP contribution in [0.15, 0.2) is 36.5 Å². The third-order valence-electron chi connectivity index (χ3n) is 9.62. The lowest BCUT2D eigenvalue weighted by atomic mass is 10.0. The molecule has 0 aliphatic heterocycles. The van der Waals surface area contributed by atoms with E-state index >= 15 is 0 Å². The number of hydrogen-bond donors (Lipinski definition) is 1. The molecule has 0 fully saturated rings. The van der Waals surface area contributed by atoms with Gasteiger partial charge in [-0.2, -0.15) is 0 Å².